The smallest absolute Gasteiger partial charge is 0.186 e. The van der Waals surface area contributed by atoms with Crippen LogP contribution in [0.3, 0.4) is 0 Å². The van der Waals surface area contributed by atoms with Crippen LogP contribution in [0.1, 0.15) is 40.0 Å². The first-order valence-electron chi connectivity index (χ1n) is 9.38. The molecule has 0 amide bonds. The zero-order valence-corrected chi connectivity index (χ0v) is 16.1. The van der Waals surface area contributed by atoms with Crippen molar-refractivity contribution < 1.29 is 39.8 Å². The third-order valence-corrected chi connectivity index (χ3v) is 5.60. The number of carbonyl (C=O) groups excluding carboxylic acids is 1. The Bertz CT molecular complexity index is 544. The maximum atomic E-state index is 11.7. The molecule has 1 fully saturated rings. The lowest BCUT2D eigenvalue weighted by Crippen LogP contribution is -2.59. The molecule has 156 valence electrons. The van der Waals surface area contributed by atoms with Crippen molar-refractivity contribution in [2.24, 2.45) is 11.3 Å². The number of aliphatic hydroxyl groups excluding tert-OH is 5. The summed E-state index contributed by atoms with van der Waals surface area (Å²) in [6, 6.07) is 0. The zero-order chi connectivity index (χ0) is 20.4. The van der Waals surface area contributed by atoms with E-state index in [1.54, 1.807) is 6.08 Å². The first-order valence-corrected chi connectivity index (χ1v) is 9.38. The molecule has 1 aliphatic carbocycles. The predicted octanol–water partition coefficient (Wildman–Crippen LogP) is -0.494. The van der Waals surface area contributed by atoms with Gasteiger partial charge in [0.15, 0.2) is 12.1 Å². The largest absolute Gasteiger partial charge is 0.394 e. The van der Waals surface area contributed by atoms with Crippen molar-refractivity contribution in [2.75, 3.05) is 13.2 Å². The fourth-order valence-corrected chi connectivity index (χ4v) is 4.07. The van der Waals surface area contributed by atoms with E-state index in [0.717, 1.165) is 5.57 Å². The van der Waals surface area contributed by atoms with Crippen LogP contribution < -0.4 is 0 Å². The molecule has 8 heteroatoms. The van der Waals surface area contributed by atoms with Gasteiger partial charge in [-0.25, -0.2) is 0 Å². The second-order valence-corrected chi connectivity index (χ2v) is 8.33. The number of ketones is 1. The lowest BCUT2D eigenvalue weighted by molar-refractivity contribution is -0.304. The van der Waals surface area contributed by atoms with Crippen LogP contribution in [0.4, 0.5) is 0 Å². The molecular formula is C19H32O8. The molecule has 0 unspecified atom stereocenters. The van der Waals surface area contributed by atoms with Gasteiger partial charge in [-0.05, 0) is 37.2 Å². The summed E-state index contributed by atoms with van der Waals surface area (Å²) in [5.41, 5.74) is 0.839. The number of rotatable bonds is 7. The third kappa shape index (κ3) is 5.35. The maximum absolute atomic E-state index is 11.7. The van der Waals surface area contributed by atoms with E-state index in [2.05, 4.69) is 0 Å². The Morgan fingerprint density at radius 3 is 2.52 bits per heavy atom. The van der Waals surface area contributed by atoms with E-state index in [0.29, 0.717) is 19.3 Å². The van der Waals surface area contributed by atoms with Gasteiger partial charge in [0, 0.05) is 6.42 Å². The summed E-state index contributed by atoms with van der Waals surface area (Å²) in [6.45, 7) is 5.36. The standard InChI is InChI=1S/C19H32O8/c1-10-6-12(22)7-19(2,3)13(10)5-4-11(21)9-26-18-17(25)16(24)15(23)14(8-20)27-18/h6,11,13-18,20-21,23-25H,4-5,7-9H2,1-3H3/t11-,13-,14+,15+,16-,17+,18-/m0/s1. The van der Waals surface area contributed by atoms with Gasteiger partial charge in [-0.3, -0.25) is 4.79 Å². The van der Waals surface area contributed by atoms with E-state index in [-0.39, 0.29) is 23.7 Å². The second-order valence-electron chi connectivity index (χ2n) is 8.33. The summed E-state index contributed by atoms with van der Waals surface area (Å²) in [5.74, 6) is 0.303. The van der Waals surface area contributed by atoms with E-state index in [9.17, 15) is 25.2 Å². The Balaban J connectivity index is 1.85. The van der Waals surface area contributed by atoms with Gasteiger partial charge in [-0.2, -0.15) is 0 Å². The van der Waals surface area contributed by atoms with Gasteiger partial charge >= 0.3 is 0 Å². The fraction of sp³-hybridized carbons (Fsp3) is 0.842. The number of hydrogen-bond acceptors (Lipinski definition) is 8. The van der Waals surface area contributed by atoms with Crippen molar-refractivity contribution in [3.8, 4) is 0 Å². The topological polar surface area (TPSA) is 137 Å². The highest BCUT2D eigenvalue weighted by Gasteiger charge is 2.44. The molecule has 1 saturated heterocycles. The number of aliphatic hydroxyl groups is 5. The van der Waals surface area contributed by atoms with Gasteiger partial charge in [-0.15, -0.1) is 0 Å². The number of carbonyl (C=O) groups is 1. The first-order chi connectivity index (χ1) is 12.6. The molecule has 5 N–H and O–H groups in total. The minimum Gasteiger partial charge on any atom is -0.394 e. The van der Waals surface area contributed by atoms with Crippen molar-refractivity contribution in [1.82, 2.24) is 0 Å². The van der Waals surface area contributed by atoms with Crippen molar-refractivity contribution >= 4 is 5.78 Å². The lowest BCUT2D eigenvalue weighted by Gasteiger charge is -2.40. The Morgan fingerprint density at radius 1 is 1.26 bits per heavy atom. The van der Waals surface area contributed by atoms with Crippen molar-refractivity contribution in [1.29, 1.82) is 0 Å². The van der Waals surface area contributed by atoms with E-state index in [1.165, 1.54) is 0 Å². The van der Waals surface area contributed by atoms with Gasteiger partial charge in [0.1, 0.15) is 24.4 Å². The highest BCUT2D eigenvalue weighted by molar-refractivity contribution is 5.91. The lowest BCUT2D eigenvalue weighted by atomic mass is 9.66. The Hall–Kier alpha value is -0.870. The van der Waals surface area contributed by atoms with Crippen LogP contribution in [0.5, 0.6) is 0 Å². The van der Waals surface area contributed by atoms with Crippen LogP contribution in [0.15, 0.2) is 11.6 Å². The highest BCUT2D eigenvalue weighted by Crippen LogP contribution is 2.42. The Morgan fingerprint density at radius 2 is 1.93 bits per heavy atom. The third-order valence-electron chi connectivity index (χ3n) is 5.60. The molecule has 27 heavy (non-hydrogen) atoms. The summed E-state index contributed by atoms with van der Waals surface area (Å²) in [6.07, 6.45) is -4.28. The molecule has 1 heterocycles. The maximum Gasteiger partial charge on any atom is 0.186 e. The molecule has 0 radical (unpaired) electrons. The number of ether oxygens (including phenoxy) is 2. The van der Waals surface area contributed by atoms with Gasteiger partial charge in [0.05, 0.1) is 19.3 Å². The summed E-state index contributed by atoms with van der Waals surface area (Å²) in [4.78, 5) is 11.7. The fourth-order valence-electron chi connectivity index (χ4n) is 4.07. The van der Waals surface area contributed by atoms with Crippen LogP contribution in [0.2, 0.25) is 0 Å². The van der Waals surface area contributed by atoms with E-state index < -0.39 is 43.4 Å². The van der Waals surface area contributed by atoms with E-state index >= 15 is 0 Å². The molecule has 8 nitrogen and oxygen atoms in total. The quantitative estimate of drug-likeness (QED) is 0.394. The molecule has 2 aliphatic rings. The molecule has 1 aliphatic heterocycles. The summed E-state index contributed by atoms with van der Waals surface area (Å²) >= 11 is 0. The molecule has 0 aromatic carbocycles. The normalized spacial score (nSPS) is 37.8. The van der Waals surface area contributed by atoms with Gasteiger partial charge in [0.25, 0.3) is 0 Å². The molecule has 0 aromatic rings. The van der Waals surface area contributed by atoms with Gasteiger partial charge in [-0.1, -0.05) is 19.4 Å². The van der Waals surface area contributed by atoms with Crippen LogP contribution in [-0.4, -0.2) is 81.3 Å². The molecule has 0 bridgehead atoms. The predicted molar refractivity (Wildman–Crippen MR) is 95.6 cm³/mol. The molecule has 0 saturated carbocycles. The van der Waals surface area contributed by atoms with Crippen molar-refractivity contribution in [3.05, 3.63) is 11.6 Å². The summed E-state index contributed by atoms with van der Waals surface area (Å²) < 4.78 is 10.6. The van der Waals surface area contributed by atoms with Gasteiger partial charge in [0.2, 0.25) is 0 Å². The molecule has 2 rings (SSSR count). The van der Waals surface area contributed by atoms with E-state index in [1.807, 2.05) is 20.8 Å². The van der Waals surface area contributed by atoms with Crippen LogP contribution in [0, 0.1) is 11.3 Å². The first kappa shape index (κ1) is 22.4. The van der Waals surface area contributed by atoms with Crippen molar-refractivity contribution in [2.45, 2.75) is 76.8 Å². The summed E-state index contributed by atoms with van der Waals surface area (Å²) in [7, 11) is 0. The van der Waals surface area contributed by atoms with E-state index in [4.69, 9.17) is 14.6 Å². The molecule has 0 spiro atoms. The van der Waals surface area contributed by atoms with Crippen molar-refractivity contribution in [3.63, 3.8) is 0 Å². The van der Waals surface area contributed by atoms with Crippen LogP contribution in [0.25, 0.3) is 0 Å². The molecular weight excluding hydrogens is 356 g/mol. The zero-order valence-electron chi connectivity index (χ0n) is 16.1. The average molecular weight is 388 g/mol. The minimum absolute atomic E-state index is 0.125. The molecule has 0 aromatic heterocycles. The second kappa shape index (κ2) is 9.09. The average Bonchev–Trinajstić information content (AvgIpc) is 2.57. The minimum atomic E-state index is -1.51. The Labute approximate surface area is 159 Å². The Kier molecular flexibility index (Phi) is 7.54. The number of hydrogen-bond donors (Lipinski definition) is 5. The van der Waals surface area contributed by atoms with Crippen LogP contribution in [-0.2, 0) is 14.3 Å². The number of allylic oxidation sites excluding steroid dienone is 2. The highest BCUT2D eigenvalue weighted by atomic mass is 16.7. The monoisotopic (exact) mass is 388 g/mol. The molecule has 7 atom stereocenters. The SMILES string of the molecule is CC1=CC(=O)CC(C)(C)[C@H]1CC[C@H](O)CO[C@H]1O[C@H](CO)[C@@H](O)[C@H](O)[C@H]1O. The van der Waals surface area contributed by atoms with Crippen LogP contribution >= 0.6 is 0 Å². The van der Waals surface area contributed by atoms with Gasteiger partial charge < -0.3 is 35.0 Å². The summed E-state index contributed by atoms with van der Waals surface area (Å²) in [5, 5.41) is 48.8.